The van der Waals surface area contributed by atoms with Crippen LogP contribution in [0.25, 0.3) is 11.5 Å². The number of sulfone groups is 1. The molecule has 0 unspecified atom stereocenters. The number of aryl methyl sites for hydroxylation is 2. The van der Waals surface area contributed by atoms with Gasteiger partial charge in [0.1, 0.15) is 0 Å². The molecule has 0 bridgehead atoms. The Balaban J connectivity index is 1.74. The van der Waals surface area contributed by atoms with Gasteiger partial charge >= 0.3 is 0 Å². The highest BCUT2D eigenvalue weighted by Gasteiger charge is 2.29. The fourth-order valence-electron chi connectivity index (χ4n) is 3.34. The van der Waals surface area contributed by atoms with Crippen LogP contribution >= 0.6 is 0 Å². The summed E-state index contributed by atoms with van der Waals surface area (Å²) in [6, 6.07) is 14.4. The van der Waals surface area contributed by atoms with Gasteiger partial charge in [0, 0.05) is 18.7 Å². The van der Waals surface area contributed by atoms with Crippen LogP contribution in [0.1, 0.15) is 24.0 Å². The maximum Gasteiger partial charge on any atom is 0.233 e. The van der Waals surface area contributed by atoms with E-state index in [1.165, 1.54) is 0 Å². The van der Waals surface area contributed by atoms with Gasteiger partial charge in [-0.1, -0.05) is 35.4 Å². The molecule has 4 rings (SSSR count). The van der Waals surface area contributed by atoms with E-state index in [-0.39, 0.29) is 27.8 Å². The number of ether oxygens (including phenoxy) is 1. The van der Waals surface area contributed by atoms with Crippen molar-refractivity contribution in [3.05, 3.63) is 59.7 Å². The molecule has 3 aromatic rings. The molecule has 1 aromatic heterocycles. The number of hydrogen-bond acceptors (Lipinski definition) is 6. The number of nitrogens with zero attached hydrogens (tertiary/aromatic N) is 1. The monoisotopic (exact) mass is 412 g/mol. The molecule has 0 aliphatic carbocycles. The van der Waals surface area contributed by atoms with Crippen LogP contribution in [0.5, 0.6) is 0 Å². The summed E-state index contributed by atoms with van der Waals surface area (Å²) in [5.74, 6) is 0.423. The molecule has 1 atom stereocenters. The van der Waals surface area contributed by atoms with Crippen molar-refractivity contribution < 1.29 is 17.6 Å². The molecule has 7 heteroatoms. The van der Waals surface area contributed by atoms with Gasteiger partial charge < -0.3 is 14.5 Å². The van der Waals surface area contributed by atoms with Gasteiger partial charge in [-0.25, -0.2) is 8.42 Å². The SMILES string of the molecule is Cc1ccc(S(=O)(=O)c2nc(-c3cccc(C)c3)oc2NC[C@@H]2CCCO2)cc1. The summed E-state index contributed by atoms with van der Waals surface area (Å²) in [5, 5.41) is 3.01. The van der Waals surface area contributed by atoms with Crippen LogP contribution in [0.2, 0.25) is 0 Å². The van der Waals surface area contributed by atoms with Gasteiger partial charge in [0.05, 0.1) is 11.0 Å². The van der Waals surface area contributed by atoms with Gasteiger partial charge in [0.15, 0.2) is 0 Å². The van der Waals surface area contributed by atoms with E-state index in [4.69, 9.17) is 9.15 Å². The first-order chi connectivity index (χ1) is 13.9. The van der Waals surface area contributed by atoms with E-state index in [1.54, 1.807) is 24.3 Å². The van der Waals surface area contributed by atoms with Crippen LogP contribution in [0.15, 0.2) is 62.9 Å². The first-order valence-corrected chi connectivity index (χ1v) is 11.2. The van der Waals surface area contributed by atoms with E-state index in [1.807, 2.05) is 38.1 Å². The molecule has 1 aliphatic heterocycles. The Morgan fingerprint density at radius 3 is 2.59 bits per heavy atom. The van der Waals surface area contributed by atoms with Gasteiger partial charge in [-0.3, -0.25) is 0 Å². The molecule has 0 amide bonds. The number of hydrogen-bond donors (Lipinski definition) is 1. The van der Waals surface area contributed by atoms with E-state index >= 15 is 0 Å². The van der Waals surface area contributed by atoms with E-state index in [0.717, 1.165) is 36.1 Å². The van der Waals surface area contributed by atoms with Gasteiger partial charge in [-0.2, -0.15) is 4.98 Å². The van der Waals surface area contributed by atoms with Crippen LogP contribution in [0.3, 0.4) is 0 Å². The highest BCUT2D eigenvalue weighted by molar-refractivity contribution is 7.91. The molecular weight excluding hydrogens is 388 g/mol. The summed E-state index contributed by atoms with van der Waals surface area (Å²) in [4.78, 5) is 4.57. The predicted octanol–water partition coefficient (Wildman–Crippen LogP) is 4.38. The Hall–Kier alpha value is -2.64. The summed E-state index contributed by atoms with van der Waals surface area (Å²) in [7, 11) is -3.84. The maximum atomic E-state index is 13.3. The molecule has 0 radical (unpaired) electrons. The Morgan fingerprint density at radius 1 is 1.10 bits per heavy atom. The highest BCUT2D eigenvalue weighted by atomic mass is 32.2. The van der Waals surface area contributed by atoms with E-state index in [2.05, 4.69) is 10.3 Å². The Labute approximate surface area is 170 Å². The quantitative estimate of drug-likeness (QED) is 0.647. The molecule has 2 heterocycles. The molecule has 1 fully saturated rings. The largest absolute Gasteiger partial charge is 0.419 e. The smallest absolute Gasteiger partial charge is 0.233 e. The summed E-state index contributed by atoms with van der Waals surface area (Å²) in [6.45, 7) is 5.08. The van der Waals surface area contributed by atoms with Crippen LogP contribution in [0, 0.1) is 13.8 Å². The Bertz CT molecular complexity index is 1100. The van der Waals surface area contributed by atoms with Crippen molar-refractivity contribution in [3.8, 4) is 11.5 Å². The number of benzene rings is 2. The zero-order valence-electron chi connectivity index (χ0n) is 16.5. The number of rotatable bonds is 6. The third kappa shape index (κ3) is 4.21. The van der Waals surface area contributed by atoms with Crippen molar-refractivity contribution in [1.29, 1.82) is 0 Å². The van der Waals surface area contributed by atoms with Gasteiger partial charge in [-0.15, -0.1) is 0 Å². The molecule has 0 spiro atoms. The molecule has 6 nitrogen and oxygen atoms in total. The van der Waals surface area contributed by atoms with Crippen LogP contribution in [-0.2, 0) is 14.6 Å². The van der Waals surface area contributed by atoms with Gasteiger partial charge in [-0.05, 0) is 51.0 Å². The van der Waals surface area contributed by atoms with Crippen molar-refractivity contribution in [2.24, 2.45) is 0 Å². The first-order valence-electron chi connectivity index (χ1n) is 9.68. The second-order valence-electron chi connectivity index (χ2n) is 7.36. The lowest BCUT2D eigenvalue weighted by Gasteiger charge is -2.10. The molecule has 1 aliphatic rings. The van der Waals surface area contributed by atoms with Crippen molar-refractivity contribution in [3.63, 3.8) is 0 Å². The summed E-state index contributed by atoms with van der Waals surface area (Å²) >= 11 is 0. The van der Waals surface area contributed by atoms with E-state index in [0.29, 0.717) is 6.54 Å². The fourth-order valence-corrected chi connectivity index (χ4v) is 4.62. The fraction of sp³-hybridized carbons (Fsp3) is 0.318. The standard InChI is InChI=1S/C22H24N2O4S/c1-15-8-10-19(11-9-15)29(25,26)22-21(23-14-18-7-4-12-27-18)28-20(24-22)17-6-3-5-16(2)13-17/h3,5-6,8-11,13,18,23H,4,7,12,14H2,1-2H3/t18-/m0/s1. The van der Waals surface area contributed by atoms with Crippen molar-refractivity contribution >= 4 is 15.7 Å². The lowest BCUT2D eigenvalue weighted by molar-refractivity contribution is 0.120. The summed E-state index contributed by atoms with van der Waals surface area (Å²) < 4.78 is 38.1. The number of oxazole rings is 1. The molecule has 1 N–H and O–H groups in total. The third-order valence-corrected chi connectivity index (χ3v) is 6.64. The number of nitrogens with one attached hydrogen (secondary N) is 1. The average Bonchev–Trinajstić information content (AvgIpc) is 3.37. The summed E-state index contributed by atoms with van der Waals surface area (Å²) in [6.07, 6.45) is 1.98. The summed E-state index contributed by atoms with van der Waals surface area (Å²) in [5.41, 5.74) is 2.76. The Kier molecular flexibility index (Phi) is 5.43. The van der Waals surface area contributed by atoms with Crippen molar-refractivity contribution in [2.75, 3.05) is 18.5 Å². The molecule has 29 heavy (non-hydrogen) atoms. The van der Waals surface area contributed by atoms with Crippen LogP contribution in [-0.4, -0.2) is 32.7 Å². The van der Waals surface area contributed by atoms with Crippen molar-refractivity contribution in [1.82, 2.24) is 4.98 Å². The van der Waals surface area contributed by atoms with E-state index < -0.39 is 9.84 Å². The lowest BCUT2D eigenvalue weighted by atomic mass is 10.1. The van der Waals surface area contributed by atoms with Crippen LogP contribution in [0.4, 0.5) is 5.88 Å². The second kappa shape index (κ2) is 8.00. The molecule has 0 saturated carbocycles. The minimum absolute atomic E-state index is 0.0393. The topological polar surface area (TPSA) is 81.4 Å². The zero-order chi connectivity index (χ0) is 20.4. The average molecular weight is 413 g/mol. The minimum Gasteiger partial charge on any atom is -0.419 e. The molecular formula is C22H24N2O4S. The number of aromatic nitrogens is 1. The zero-order valence-corrected chi connectivity index (χ0v) is 17.3. The predicted molar refractivity (Wildman–Crippen MR) is 111 cm³/mol. The highest BCUT2D eigenvalue weighted by Crippen LogP contribution is 2.33. The third-order valence-electron chi connectivity index (χ3n) is 4.96. The van der Waals surface area contributed by atoms with E-state index in [9.17, 15) is 8.42 Å². The molecule has 2 aromatic carbocycles. The molecule has 152 valence electrons. The minimum atomic E-state index is -3.84. The van der Waals surface area contributed by atoms with Gasteiger partial charge in [0.2, 0.25) is 26.6 Å². The van der Waals surface area contributed by atoms with Crippen LogP contribution < -0.4 is 5.32 Å². The lowest BCUT2D eigenvalue weighted by Crippen LogP contribution is -2.19. The second-order valence-corrected chi connectivity index (χ2v) is 9.22. The van der Waals surface area contributed by atoms with Gasteiger partial charge in [0.25, 0.3) is 0 Å². The maximum absolute atomic E-state index is 13.3. The molecule has 1 saturated heterocycles. The normalized spacial score (nSPS) is 16.8. The van der Waals surface area contributed by atoms with Crippen molar-refractivity contribution in [2.45, 2.75) is 42.7 Å². The Morgan fingerprint density at radius 2 is 1.90 bits per heavy atom. The first kappa shape index (κ1) is 19.7. The number of anilines is 1.